The summed E-state index contributed by atoms with van der Waals surface area (Å²) in [6, 6.07) is 22.9. The van der Waals surface area contributed by atoms with Crippen molar-refractivity contribution in [1.29, 1.82) is 5.26 Å². The maximum atomic E-state index is 14.0. The Hall–Kier alpha value is -4.75. The van der Waals surface area contributed by atoms with Crippen molar-refractivity contribution < 1.29 is 17.9 Å². The fourth-order valence-corrected chi connectivity index (χ4v) is 6.04. The van der Waals surface area contributed by atoms with Crippen LogP contribution in [0.15, 0.2) is 83.9 Å². The summed E-state index contributed by atoms with van der Waals surface area (Å²) in [5.41, 5.74) is 3.56. The van der Waals surface area contributed by atoms with Crippen LogP contribution in [0.1, 0.15) is 23.9 Å². The number of esters is 1. The van der Waals surface area contributed by atoms with Crippen molar-refractivity contribution in [2.75, 3.05) is 17.5 Å². The SMILES string of the molecule is CCOC(=O)CN(c1ccc2c(c1)nc(Cc1ccc(C#N)cc1)n2C)S(=O)(=O)c1cccc2cccnc12. The van der Waals surface area contributed by atoms with Crippen LogP contribution in [-0.2, 0) is 33.0 Å². The zero-order valence-electron chi connectivity index (χ0n) is 21.4. The molecule has 5 aromatic rings. The van der Waals surface area contributed by atoms with Crippen molar-refractivity contribution in [3.63, 3.8) is 0 Å². The number of fused-ring (bicyclic) bond motifs is 2. The van der Waals surface area contributed by atoms with Crippen LogP contribution in [0.3, 0.4) is 0 Å². The topological polar surface area (TPSA) is 118 Å². The van der Waals surface area contributed by atoms with Gasteiger partial charge in [0.15, 0.2) is 0 Å². The molecule has 0 bridgehead atoms. The van der Waals surface area contributed by atoms with Gasteiger partial charge in [-0.3, -0.25) is 14.1 Å². The molecule has 2 heterocycles. The third kappa shape index (κ3) is 5.04. The summed E-state index contributed by atoms with van der Waals surface area (Å²) in [7, 11) is -2.32. The van der Waals surface area contributed by atoms with Gasteiger partial charge in [0.25, 0.3) is 10.0 Å². The lowest BCUT2D eigenvalue weighted by molar-refractivity contribution is -0.141. The molecule has 0 aliphatic heterocycles. The van der Waals surface area contributed by atoms with Crippen molar-refractivity contribution in [2.45, 2.75) is 18.2 Å². The maximum Gasteiger partial charge on any atom is 0.326 e. The van der Waals surface area contributed by atoms with E-state index in [-0.39, 0.29) is 17.2 Å². The van der Waals surface area contributed by atoms with E-state index in [1.54, 1.807) is 61.5 Å². The lowest BCUT2D eigenvalue weighted by atomic mass is 10.1. The second-order valence-corrected chi connectivity index (χ2v) is 10.7. The number of carbonyl (C=O) groups excluding carboxylic acids is 1. The number of aromatic nitrogens is 3. The van der Waals surface area contributed by atoms with Gasteiger partial charge in [0, 0.05) is 25.1 Å². The number of carbonyl (C=O) groups is 1. The standard InChI is InChI=1S/C29H25N5O4S/c1-3-38-28(35)19-34(39(36,37)26-8-4-6-22-7-5-15-31-29(22)26)23-13-14-25-24(17-23)32-27(33(25)2)16-20-9-11-21(18-30)12-10-20/h4-15,17H,3,16,19H2,1-2H3. The minimum Gasteiger partial charge on any atom is -0.465 e. The number of hydrogen-bond acceptors (Lipinski definition) is 7. The maximum absolute atomic E-state index is 14.0. The van der Waals surface area contributed by atoms with Gasteiger partial charge in [-0.1, -0.05) is 30.3 Å². The quantitative estimate of drug-likeness (QED) is 0.269. The Bertz CT molecular complexity index is 1830. The van der Waals surface area contributed by atoms with Gasteiger partial charge in [0.2, 0.25) is 0 Å². The summed E-state index contributed by atoms with van der Waals surface area (Å²) >= 11 is 0. The third-order valence-corrected chi connectivity index (χ3v) is 8.24. The average molecular weight is 540 g/mol. The highest BCUT2D eigenvalue weighted by molar-refractivity contribution is 7.93. The van der Waals surface area contributed by atoms with E-state index in [4.69, 9.17) is 15.0 Å². The van der Waals surface area contributed by atoms with Crippen molar-refractivity contribution in [1.82, 2.24) is 14.5 Å². The first-order chi connectivity index (χ1) is 18.8. The predicted octanol–water partition coefficient (Wildman–Crippen LogP) is 4.34. The van der Waals surface area contributed by atoms with Crippen molar-refractivity contribution in [2.24, 2.45) is 7.05 Å². The highest BCUT2D eigenvalue weighted by Crippen LogP contribution is 2.30. The van der Waals surface area contributed by atoms with E-state index in [2.05, 4.69) is 11.1 Å². The van der Waals surface area contributed by atoms with Crippen LogP contribution in [0.4, 0.5) is 5.69 Å². The lowest BCUT2D eigenvalue weighted by Crippen LogP contribution is -2.36. The highest BCUT2D eigenvalue weighted by atomic mass is 32.2. The molecule has 0 saturated heterocycles. The molecule has 10 heteroatoms. The number of para-hydroxylation sites is 1. The summed E-state index contributed by atoms with van der Waals surface area (Å²) < 4.78 is 36.1. The van der Waals surface area contributed by atoms with E-state index in [9.17, 15) is 13.2 Å². The molecular weight excluding hydrogens is 514 g/mol. The minimum absolute atomic E-state index is 0.00692. The number of hydrogen-bond donors (Lipinski definition) is 0. The minimum atomic E-state index is -4.21. The van der Waals surface area contributed by atoms with Gasteiger partial charge in [0.05, 0.1) is 40.5 Å². The molecule has 0 N–H and O–H groups in total. The molecule has 0 atom stereocenters. The number of aryl methyl sites for hydroxylation is 1. The number of anilines is 1. The number of ether oxygens (including phenoxy) is 1. The van der Waals surface area contributed by atoms with Crippen LogP contribution < -0.4 is 4.31 Å². The normalized spacial score (nSPS) is 11.4. The molecule has 9 nitrogen and oxygen atoms in total. The van der Waals surface area contributed by atoms with E-state index in [0.717, 1.165) is 21.2 Å². The van der Waals surface area contributed by atoms with Gasteiger partial charge in [-0.15, -0.1) is 0 Å². The van der Waals surface area contributed by atoms with Gasteiger partial charge in [-0.05, 0) is 55.0 Å². The Kier molecular flexibility index (Phi) is 7.00. The zero-order valence-corrected chi connectivity index (χ0v) is 22.2. The van der Waals surface area contributed by atoms with Gasteiger partial charge in [-0.25, -0.2) is 13.4 Å². The molecule has 196 valence electrons. The number of rotatable bonds is 8. The van der Waals surface area contributed by atoms with Crippen molar-refractivity contribution >= 4 is 43.6 Å². The summed E-state index contributed by atoms with van der Waals surface area (Å²) in [5.74, 6) is 0.0989. The number of benzene rings is 3. The van der Waals surface area contributed by atoms with Crippen LogP contribution in [-0.4, -0.2) is 42.1 Å². The second-order valence-electron chi connectivity index (χ2n) is 8.89. The van der Waals surface area contributed by atoms with E-state index in [1.807, 2.05) is 23.7 Å². The average Bonchev–Trinajstić information content (AvgIpc) is 3.25. The van der Waals surface area contributed by atoms with Crippen LogP contribution in [0.25, 0.3) is 21.9 Å². The molecule has 2 aromatic heterocycles. The number of pyridine rings is 1. The van der Waals surface area contributed by atoms with E-state index < -0.39 is 22.5 Å². The summed E-state index contributed by atoms with van der Waals surface area (Å²) in [5, 5.41) is 9.72. The second kappa shape index (κ2) is 10.6. The molecule has 0 amide bonds. The fourth-order valence-electron chi connectivity index (χ4n) is 4.47. The molecular formula is C29H25N5O4S. The first-order valence-electron chi connectivity index (χ1n) is 12.3. The first kappa shape index (κ1) is 25.9. The summed E-state index contributed by atoms with van der Waals surface area (Å²) in [6.45, 7) is 1.29. The smallest absolute Gasteiger partial charge is 0.326 e. The molecule has 39 heavy (non-hydrogen) atoms. The first-order valence-corrected chi connectivity index (χ1v) is 13.7. The van der Waals surface area contributed by atoms with Crippen LogP contribution in [0.5, 0.6) is 0 Å². The molecule has 0 fully saturated rings. The van der Waals surface area contributed by atoms with Gasteiger partial charge >= 0.3 is 5.97 Å². The van der Waals surface area contributed by atoms with Gasteiger partial charge < -0.3 is 9.30 Å². The van der Waals surface area contributed by atoms with E-state index in [1.165, 1.54) is 12.3 Å². The Morgan fingerprint density at radius 2 is 1.85 bits per heavy atom. The molecule has 5 rings (SSSR count). The van der Waals surface area contributed by atoms with Gasteiger partial charge in [-0.2, -0.15) is 5.26 Å². The Morgan fingerprint density at radius 1 is 1.08 bits per heavy atom. The fraction of sp³-hybridized carbons (Fsp3) is 0.172. The summed E-state index contributed by atoms with van der Waals surface area (Å²) in [4.78, 5) is 21.6. The molecule has 0 unspecified atom stereocenters. The van der Waals surface area contributed by atoms with Crippen LogP contribution in [0, 0.1) is 11.3 Å². The monoisotopic (exact) mass is 539 g/mol. The highest BCUT2D eigenvalue weighted by Gasteiger charge is 2.30. The van der Waals surface area contributed by atoms with Crippen LogP contribution >= 0.6 is 0 Å². The van der Waals surface area contributed by atoms with E-state index >= 15 is 0 Å². The largest absolute Gasteiger partial charge is 0.465 e. The number of nitrogens with zero attached hydrogens (tertiary/aromatic N) is 5. The van der Waals surface area contributed by atoms with Crippen molar-refractivity contribution in [3.05, 3.63) is 95.9 Å². The predicted molar refractivity (Wildman–Crippen MR) is 148 cm³/mol. The summed E-state index contributed by atoms with van der Waals surface area (Å²) in [6.07, 6.45) is 2.06. The van der Waals surface area contributed by atoms with Gasteiger partial charge in [0.1, 0.15) is 17.3 Å². The molecule has 0 spiro atoms. The number of imidazole rings is 1. The Morgan fingerprint density at radius 3 is 2.59 bits per heavy atom. The molecule has 0 aliphatic carbocycles. The molecule has 3 aromatic carbocycles. The molecule has 0 saturated carbocycles. The Balaban J connectivity index is 1.58. The molecule has 0 radical (unpaired) electrons. The third-order valence-electron chi connectivity index (χ3n) is 6.43. The van der Waals surface area contributed by atoms with Crippen LogP contribution in [0.2, 0.25) is 0 Å². The Labute approximate surface area is 226 Å². The lowest BCUT2D eigenvalue weighted by Gasteiger charge is -2.24. The van der Waals surface area contributed by atoms with Crippen molar-refractivity contribution in [3.8, 4) is 6.07 Å². The molecule has 0 aliphatic rings. The number of nitriles is 1. The zero-order chi connectivity index (χ0) is 27.6. The van der Waals surface area contributed by atoms with E-state index in [0.29, 0.717) is 28.4 Å². The number of sulfonamides is 1.